The predicted octanol–water partition coefficient (Wildman–Crippen LogP) is 4.02. The number of benzene rings is 1. The summed E-state index contributed by atoms with van der Waals surface area (Å²) in [5.74, 6) is -0.131. The molecule has 144 valence electrons. The van der Waals surface area contributed by atoms with Crippen LogP contribution in [0.15, 0.2) is 30.3 Å². The van der Waals surface area contributed by atoms with Crippen molar-refractivity contribution in [2.24, 2.45) is 11.3 Å². The second kappa shape index (κ2) is 9.20. The molecule has 0 unspecified atom stereocenters. The van der Waals surface area contributed by atoms with E-state index in [1.165, 1.54) is 6.42 Å². The van der Waals surface area contributed by atoms with Gasteiger partial charge in [-0.05, 0) is 48.5 Å². The normalized spacial score (nSPS) is 21.7. The van der Waals surface area contributed by atoms with Gasteiger partial charge in [0.05, 0.1) is 0 Å². The Labute approximate surface area is 158 Å². The SMILES string of the molecule is CCC(C)(C)C1CCC(NC(=O)C(=O)NC[C@H](C)c2ccccc2)CC1. The molecule has 1 saturated carbocycles. The lowest BCUT2D eigenvalue weighted by Gasteiger charge is -2.39. The summed E-state index contributed by atoms with van der Waals surface area (Å²) in [6.45, 7) is 9.42. The van der Waals surface area contributed by atoms with Crippen molar-refractivity contribution in [3.63, 3.8) is 0 Å². The number of nitrogens with one attached hydrogen (secondary N) is 2. The van der Waals surface area contributed by atoms with E-state index in [0.717, 1.165) is 31.2 Å². The Bertz CT molecular complexity index is 589. The Morgan fingerprint density at radius 2 is 1.69 bits per heavy atom. The maximum Gasteiger partial charge on any atom is 0.309 e. The topological polar surface area (TPSA) is 58.2 Å². The molecule has 26 heavy (non-hydrogen) atoms. The standard InChI is InChI=1S/C22H34N2O2/c1-5-22(3,4)18-11-13-19(14-12-18)24-21(26)20(25)23-15-16(2)17-9-7-6-8-10-17/h6-10,16,18-19H,5,11-15H2,1-4H3,(H,23,25)(H,24,26)/t16-,18?,19?/m0/s1. The number of hydrogen-bond acceptors (Lipinski definition) is 2. The summed E-state index contributed by atoms with van der Waals surface area (Å²) in [7, 11) is 0. The summed E-state index contributed by atoms with van der Waals surface area (Å²) < 4.78 is 0. The molecule has 4 heteroatoms. The highest BCUT2D eigenvalue weighted by Crippen LogP contribution is 2.40. The van der Waals surface area contributed by atoms with Crippen molar-refractivity contribution in [2.45, 2.75) is 71.8 Å². The Morgan fingerprint density at radius 3 is 2.27 bits per heavy atom. The predicted molar refractivity (Wildman–Crippen MR) is 106 cm³/mol. The summed E-state index contributed by atoms with van der Waals surface area (Å²) in [6.07, 6.45) is 5.36. The Morgan fingerprint density at radius 1 is 1.08 bits per heavy atom. The Kier molecular flexibility index (Phi) is 7.24. The third-order valence-electron chi connectivity index (χ3n) is 6.22. The van der Waals surface area contributed by atoms with E-state index in [4.69, 9.17) is 0 Å². The van der Waals surface area contributed by atoms with Crippen LogP contribution in [0.2, 0.25) is 0 Å². The molecule has 2 amide bonds. The molecule has 2 rings (SSSR count). The molecule has 0 saturated heterocycles. The molecular formula is C22H34N2O2. The van der Waals surface area contributed by atoms with E-state index in [2.05, 4.69) is 31.4 Å². The number of hydrogen-bond donors (Lipinski definition) is 2. The van der Waals surface area contributed by atoms with Crippen LogP contribution >= 0.6 is 0 Å². The molecule has 1 atom stereocenters. The van der Waals surface area contributed by atoms with Crippen LogP contribution in [0.1, 0.15) is 71.3 Å². The van der Waals surface area contributed by atoms with Gasteiger partial charge in [-0.2, -0.15) is 0 Å². The van der Waals surface area contributed by atoms with E-state index < -0.39 is 11.8 Å². The average molecular weight is 359 g/mol. The van der Waals surface area contributed by atoms with Gasteiger partial charge in [0.25, 0.3) is 0 Å². The van der Waals surface area contributed by atoms with Gasteiger partial charge in [0, 0.05) is 12.6 Å². The molecule has 0 aliphatic heterocycles. The van der Waals surface area contributed by atoms with Gasteiger partial charge in [0.2, 0.25) is 0 Å². The third-order valence-corrected chi connectivity index (χ3v) is 6.22. The van der Waals surface area contributed by atoms with E-state index >= 15 is 0 Å². The second-order valence-corrected chi connectivity index (χ2v) is 8.39. The van der Waals surface area contributed by atoms with Gasteiger partial charge in [-0.15, -0.1) is 0 Å². The Balaban J connectivity index is 1.73. The van der Waals surface area contributed by atoms with Crippen LogP contribution in [0.25, 0.3) is 0 Å². The summed E-state index contributed by atoms with van der Waals surface area (Å²) in [6, 6.07) is 10.1. The average Bonchev–Trinajstić information content (AvgIpc) is 2.66. The first-order chi connectivity index (χ1) is 12.3. The molecule has 1 fully saturated rings. The summed E-state index contributed by atoms with van der Waals surface area (Å²) >= 11 is 0. The van der Waals surface area contributed by atoms with Crippen LogP contribution in [0, 0.1) is 11.3 Å². The van der Waals surface area contributed by atoms with Gasteiger partial charge >= 0.3 is 11.8 Å². The molecule has 0 heterocycles. The zero-order valence-electron chi connectivity index (χ0n) is 16.7. The van der Waals surface area contributed by atoms with Crippen LogP contribution in [0.3, 0.4) is 0 Å². The first-order valence-corrected chi connectivity index (χ1v) is 9.97. The molecule has 1 aromatic carbocycles. The molecule has 0 radical (unpaired) electrons. The van der Waals surface area contributed by atoms with Gasteiger partial charge in [-0.25, -0.2) is 0 Å². The number of amides is 2. The Hall–Kier alpha value is -1.84. The summed E-state index contributed by atoms with van der Waals surface area (Å²) in [4.78, 5) is 24.3. The lowest BCUT2D eigenvalue weighted by molar-refractivity contribution is -0.139. The van der Waals surface area contributed by atoms with Crippen LogP contribution in [-0.4, -0.2) is 24.4 Å². The van der Waals surface area contributed by atoms with Crippen LogP contribution in [0.5, 0.6) is 0 Å². The van der Waals surface area contributed by atoms with Gasteiger partial charge in [-0.3, -0.25) is 9.59 Å². The van der Waals surface area contributed by atoms with Crippen LogP contribution < -0.4 is 10.6 Å². The lowest BCUT2D eigenvalue weighted by Crippen LogP contribution is -2.47. The largest absolute Gasteiger partial charge is 0.347 e. The van der Waals surface area contributed by atoms with E-state index in [1.54, 1.807) is 0 Å². The molecule has 0 bridgehead atoms. The fourth-order valence-corrected chi connectivity index (χ4v) is 3.78. The van der Waals surface area contributed by atoms with E-state index in [9.17, 15) is 9.59 Å². The summed E-state index contributed by atoms with van der Waals surface area (Å²) in [5.41, 5.74) is 1.52. The van der Waals surface area contributed by atoms with Crippen molar-refractivity contribution in [2.75, 3.05) is 6.54 Å². The van der Waals surface area contributed by atoms with Crippen LogP contribution in [0.4, 0.5) is 0 Å². The fourth-order valence-electron chi connectivity index (χ4n) is 3.78. The van der Waals surface area contributed by atoms with E-state index in [-0.39, 0.29) is 12.0 Å². The lowest BCUT2D eigenvalue weighted by atomic mass is 9.69. The highest BCUT2D eigenvalue weighted by Gasteiger charge is 2.32. The van der Waals surface area contributed by atoms with Crippen molar-refractivity contribution in [3.8, 4) is 0 Å². The number of carbonyl (C=O) groups excluding carboxylic acids is 2. The monoisotopic (exact) mass is 358 g/mol. The molecule has 1 aliphatic rings. The molecular weight excluding hydrogens is 324 g/mol. The zero-order valence-corrected chi connectivity index (χ0v) is 16.7. The van der Waals surface area contributed by atoms with E-state index in [1.807, 2.05) is 37.3 Å². The van der Waals surface area contributed by atoms with Crippen molar-refractivity contribution >= 4 is 11.8 Å². The smallest absolute Gasteiger partial charge is 0.309 e. The van der Waals surface area contributed by atoms with Crippen molar-refractivity contribution in [1.82, 2.24) is 10.6 Å². The maximum atomic E-state index is 12.2. The molecule has 0 spiro atoms. The van der Waals surface area contributed by atoms with Gasteiger partial charge in [0.1, 0.15) is 0 Å². The highest BCUT2D eigenvalue weighted by molar-refractivity contribution is 6.35. The van der Waals surface area contributed by atoms with Crippen LogP contribution in [-0.2, 0) is 9.59 Å². The maximum absolute atomic E-state index is 12.2. The highest BCUT2D eigenvalue weighted by atomic mass is 16.2. The summed E-state index contributed by atoms with van der Waals surface area (Å²) in [5, 5.41) is 5.68. The van der Waals surface area contributed by atoms with Crippen molar-refractivity contribution in [3.05, 3.63) is 35.9 Å². The minimum Gasteiger partial charge on any atom is -0.347 e. The quantitative estimate of drug-likeness (QED) is 0.755. The molecule has 1 aromatic rings. The van der Waals surface area contributed by atoms with E-state index in [0.29, 0.717) is 17.9 Å². The minimum atomic E-state index is -0.524. The van der Waals surface area contributed by atoms with Crippen molar-refractivity contribution < 1.29 is 9.59 Å². The first-order valence-electron chi connectivity index (χ1n) is 9.97. The minimum absolute atomic E-state index is 0.128. The van der Waals surface area contributed by atoms with Gasteiger partial charge < -0.3 is 10.6 Å². The van der Waals surface area contributed by atoms with Gasteiger partial charge in [-0.1, -0.05) is 64.4 Å². The molecule has 4 nitrogen and oxygen atoms in total. The number of rotatable bonds is 6. The molecule has 0 aromatic heterocycles. The van der Waals surface area contributed by atoms with Gasteiger partial charge in [0.15, 0.2) is 0 Å². The third kappa shape index (κ3) is 5.58. The van der Waals surface area contributed by atoms with Crippen molar-refractivity contribution in [1.29, 1.82) is 0 Å². The first kappa shape index (κ1) is 20.5. The second-order valence-electron chi connectivity index (χ2n) is 8.39. The zero-order chi connectivity index (χ0) is 19.2. The fraction of sp³-hybridized carbons (Fsp3) is 0.636. The molecule has 2 N–H and O–H groups in total. The molecule has 1 aliphatic carbocycles. The number of carbonyl (C=O) groups is 2.